The third kappa shape index (κ3) is 6.55. The van der Waals surface area contributed by atoms with Gasteiger partial charge in [0.15, 0.2) is 40.9 Å². The van der Waals surface area contributed by atoms with Crippen LogP contribution in [-0.2, 0) is 38.2 Å². The molecule has 1 aromatic rings. The van der Waals surface area contributed by atoms with Gasteiger partial charge in [0, 0.05) is 29.2 Å². The molecule has 288 valence electrons. The molecular weight excluding hydrogens is 697 g/mol. The highest BCUT2D eigenvalue weighted by molar-refractivity contribution is 6.01. The molecular formula is C38H46FNO13. The summed E-state index contributed by atoms with van der Waals surface area (Å²) in [6.07, 6.45) is 5.80. The number of hydrogen-bond acceptors (Lipinski definition) is 14. The number of rotatable bonds is 12. The maximum atomic E-state index is 17.7. The van der Waals surface area contributed by atoms with Crippen LogP contribution in [0.15, 0.2) is 48.1 Å². The van der Waals surface area contributed by atoms with Crippen molar-refractivity contribution in [2.24, 2.45) is 22.7 Å². The van der Waals surface area contributed by atoms with Crippen LogP contribution in [0.25, 0.3) is 6.08 Å². The second kappa shape index (κ2) is 14.1. The van der Waals surface area contributed by atoms with Crippen LogP contribution < -0.4 is 9.47 Å². The van der Waals surface area contributed by atoms with Crippen molar-refractivity contribution < 1.29 is 67.6 Å². The van der Waals surface area contributed by atoms with Crippen molar-refractivity contribution in [1.82, 2.24) is 5.39 Å². The second-order valence-electron chi connectivity index (χ2n) is 15.3. The molecule has 1 aliphatic heterocycles. The highest BCUT2D eigenvalue weighted by Gasteiger charge is 2.80. The number of Topliss-reactive ketones (excluding diaryl/α,β-unsaturated/α-hetero) is 1. The van der Waals surface area contributed by atoms with E-state index in [0.717, 1.165) is 6.08 Å². The Balaban J connectivity index is 1.15. The summed E-state index contributed by atoms with van der Waals surface area (Å²) >= 11 is 0. The molecule has 4 aliphatic carbocycles. The largest absolute Gasteiger partial charge is 0.493 e. The van der Waals surface area contributed by atoms with E-state index in [0.29, 0.717) is 30.4 Å². The van der Waals surface area contributed by atoms with Crippen molar-refractivity contribution >= 4 is 29.6 Å². The number of aliphatic hydroxyl groups is 1. The van der Waals surface area contributed by atoms with E-state index in [9.17, 15) is 24.3 Å². The minimum atomic E-state index is -2.10. The Morgan fingerprint density at radius 1 is 1.11 bits per heavy atom. The van der Waals surface area contributed by atoms with Crippen molar-refractivity contribution in [3.8, 4) is 11.5 Å². The number of halogens is 1. The standard InChI is InChI=1S/C38H46FNO13/c1-34(2)52-31-19-26-25-11-10-23-18-24(41)14-15-35(23,3)37(25,39)29(42)20-36(26,4)38(31,53-34)30(43)21-49-32(44)13-9-22-8-12-27(28(17-22)48-5)51-33(45)7-6-16-50-40(46)47/h8-9,12-15,17-18,25-26,29,31,42,46-47H,6-7,10-11,16,19-21H2,1-5H3/b13-9+/t25?,26-,29-,31+,35-,36-,37-,38+/m0/s1. The summed E-state index contributed by atoms with van der Waals surface area (Å²) in [5.74, 6) is -4.14. The Morgan fingerprint density at radius 3 is 2.58 bits per heavy atom. The highest BCUT2D eigenvalue weighted by atomic mass is 19.1. The first-order valence-corrected chi connectivity index (χ1v) is 17.7. The zero-order chi connectivity index (χ0) is 38.6. The van der Waals surface area contributed by atoms with Crippen LogP contribution in [0.2, 0.25) is 0 Å². The fraction of sp³-hybridized carbons (Fsp3) is 0.579. The number of ketones is 2. The molecule has 0 amide bonds. The van der Waals surface area contributed by atoms with Gasteiger partial charge in [-0.1, -0.05) is 24.6 Å². The summed E-state index contributed by atoms with van der Waals surface area (Å²) in [5, 5.41) is 28.4. The fourth-order valence-electron chi connectivity index (χ4n) is 9.67. The van der Waals surface area contributed by atoms with E-state index in [-0.39, 0.29) is 43.2 Å². The molecule has 14 nitrogen and oxygen atoms in total. The molecule has 15 heteroatoms. The molecule has 1 unspecified atom stereocenters. The molecule has 1 heterocycles. The maximum Gasteiger partial charge on any atom is 0.331 e. The lowest BCUT2D eigenvalue weighted by molar-refractivity contribution is -0.492. The SMILES string of the molecule is COc1cc(/C=C/C(=O)OCC(=O)[C@@]23OC(C)(C)O[C@@H]2C[C@H]2C4CCC5=CC(=O)C=C[C@]5(C)[C@@]4(F)[C@@H](O)C[C@@]23C)ccc1OC(=O)CCCON(O)O. The van der Waals surface area contributed by atoms with E-state index >= 15 is 4.39 Å². The van der Waals surface area contributed by atoms with Crippen LogP contribution in [-0.4, -0.2) is 94.0 Å². The van der Waals surface area contributed by atoms with E-state index in [1.54, 1.807) is 32.9 Å². The minimum Gasteiger partial charge on any atom is -0.493 e. The Labute approximate surface area is 306 Å². The van der Waals surface area contributed by atoms with Crippen LogP contribution in [0.4, 0.5) is 4.39 Å². The predicted molar refractivity (Wildman–Crippen MR) is 181 cm³/mol. The number of allylic oxidation sites excluding steroid dienone is 4. The third-order valence-corrected chi connectivity index (χ3v) is 11.9. The molecule has 6 rings (SSSR count). The summed E-state index contributed by atoms with van der Waals surface area (Å²) in [4.78, 5) is 56.0. The third-order valence-electron chi connectivity index (χ3n) is 11.9. The van der Waals surface area contributed by atoms with Crippen molar-refractivity contribution in [1.29, 1.82) is 0 Å². The average Bonchev–Trinajstić information content (AvgIpc) is 3.51. The van der Waals surface area contributed by atoms with Gasteiger partial charge in [0.05, 0.1) is 31.3 Å². The number of esters is 2. The van der Waals surface area contributed by atoms with Crippen molar-refractivity contribution in [2.75, 3.05) is 20.3 Å². The van der Waals surface area contributed by atoms with Crippen molar-refractivity contribution in [3.05, 3.63) is 53.6 Å². The van der Waals surface area contributed by atoms with Gasteiger partial charge in [-0.3, -0.25) is 29.6 Å². The number of fused-ring (bicyclic) bond motifs is 7. The molecule has 0 radical (unpaired) electrons. The molecule has 0 aromatic heterocycles. The quantitative estimate of drug-likeness (QED) is 0.0899. The summed E-state index contributed by atoms with van der Waals surface area (Å²) in [6, 6.07) is 4.56. The number of ether oxygens (including phenoxy) is 5. The highest BCUT2D eigenvalue weighted by Crippen LogP contribution is 2.72. The van der Waals surface area contributed by atoms with Crippen LogP contribution in [0.3, 0.4) is 0 Å². The monoisotopic (exact) mass is 743 g/mol. The number of nitrogens with zero attached hydrogens (tertiary/aromatic N) is 1. The average molecular weight is 744 g/mol. The van der Waals surface area contributed by atoms with Gasteiger partial charge in [0.1, 0.15) is 0 Å². The lowest BCUT2D eigenvalue weighted by atomic mass is 9.44. The lowest BCUT2D eigenvalue weighted by Gasteiger charge is -2.62. The maximum absolute atomic E-state index is 17.7. The van der Waals surface area contributed by atoms with E-state index in [2.05, 4.69) is 4.84 Å². The molecule has 3 N–H and O–H groups in total. The summed E-state index contributed by atoms with van der Waals surface area (Å²) in [7, 11) is 1.37. The number of hydrogen-bond donors (Lipinski definition) is 3. The van der Waals surface area contributed by atoms with Crippen molar-refractivity contribution in [2.45, 2.75) is 95.5 Å². The number of benzene rings is 1. The summed E-state index contributed by atoms with van der Waals surface area (Å²) in [6.45, 7) is 6.15. The normalized spacial score (nSPS) is 35.3. The molecule has 3 saturated carbocycles. The molecule has 0 spiro atoms. The molecule has 8 atom stereocenters. The fourth-order valence-corrected chi connectivity index (χ4v) is 9.67. The Morgan fingerprint density at radius 2 is 1.87 bits per heavy atom. The van der Waals surface area contributed by atoms with Gasteiger partial charge in [-0.2, -0.15) is 0 Å². The molecule has 1 saturated heterocycles. The van der Waals surface area contributed by atoms with E-state index in [4.69, 9.17) is 34.1 Å². The first-order valence-electron chi connectivity index (χ1n) is 17.7. The lowest BCUT2D eigenvalue weighted by Crippen LogP contribution is -2.70. The van der Waals surface area contributed by atoms with Crippen LogP contribution in [0.5, 0.6) is 11.5 Å². The van der Waals surface area contributed by atoms with Gasteiger partial charge in [0.2, 0.25) is 5.78 Å². The summed E-state index contributed by atoms with van der Waals surface area (Å²) < 4.78 is 46.5. The number of carbonyl (C=O) groups is 4. The number of methoxy groups -OCH3 is 1. The van der Waals surface area contributed by atoms with Gasteiger partial charge < -0.3 is 28.8 Å². The van der Waals surface area contributed by atoms with Crippen LogP contribution >= 0.6 is 0 Å². The zero-order valence-corrected chi connectivity index (χ0v) is 30.3. The van der Waals surface area contributed by atoms with Gasteiger partial charge in [0.25, 0.3) is 0 Å². The first kappa shape index (κ1) is 38.9. The van der Waals surface area contributed by atoms with Crippen LogP contribution in [0, 0.1) is 22.7 Å². The Bertz CT molecular complexity index is 1760. The minimum absolute atomic E-state index is 0.0733. The van der Waals surface area contributed by atoms with Gasteiger partial charge >= 0.3 is 11.9 Å². The van der Waals surface area contributed by atoms with Crippen molar-refractivity contribution in [3.63, 3.8) is 0 Å². The smallest absolute Gasteiger partial charge is 0.331 e. The van der Waals surface area contributed by atoms with E-state index in [1.165, 1.54) is 37.5 Å². The number of aliphatic hydroxyl groups excluding tert-OH is 1. The molecule has 0 bridgehead atoms. The van der Waals surface area contributed by atoms with Gasteiger partial charge in [-0.25, -0.2) is 9.18 Å². The zero-order valence-electron chi connectivity index (χ0n) is 30.3. The molecule has 4 fully saturated rings. The first-order chi connectivity index (χ1) is 24.9. The topological polar surface area (TPSA) is 188 Å². The number of alkyl halides is 1. The number of carbonyl (C=O) groups excluding carboxylic acids is 4. The van der Waals surface area contributed by atoms with E-state index in [1.807, 2.05) is 6.92 Å². The van der Waals surface area contributed by atoms with E-state index < -0.39 is 81.6 Å². The van der Waals surface area contributed by atoms with Crippen LogP contribution in [0.1, 0.15) is 71.8 Å². The Kier molecular flexibility index (Phi) is 10.3. The Hall–Kier alpha value is -3.83. The second-order valence-corrected chi connectivity index (χ2v) is 15.3. The predicted octanol–water partition coefficient (Wildman–Crippen LogP) is 4.39. The van der Waals surface area contributed by atoms with Gasteiger partial charge in [-0.05, 0) is 94.7 Å². The summed E-state index contributed by atoms with van der Waals surface area (Å²) in [5.41, 5.74) is -4.86. The molecule has 1 aromatic carbocycles. The molecule has 53 heavy (non-hydrogen) atoms. The molecule has 5 aliphatic rings. The van der Waals surface area contributed by atoms with Gasteiger partial charge in [-0.15, -0.1) is 0 Å².